The Morgan fingerprint density at radius 1 is 0.800 bits per heavy atom. The fraction of sp³-hybridized carbons (Fsp3) is 0.543. The lowest BCUT2D eigenvalue weighted by molar-refractivity contribution is -1.05. The van der Waals surface area contributed by atoms with Crippen molar-refractivity contribution in [2.75, 3.05) is 19.9 Å². The predicted molar refractivity (Wildman–Crippen MR) is 160 cm³/mol. The zero-order valence-electron chi connectivity index (χ0n) is 26.2. The van der Waals surface area contributed by atoms with Gasteiger partial charge in [0, 0.05) is 36.8 Å². The third-order valence-corrected chi connectivity index (χ3v) is 10.3. The highest BCUT2D eigenvalue weighted by molar-refractivity contribution is 5.88. The van der Waals surface area contributed by atoms with Crippen LogP contribution >= 0.6 is 0 Å². The van der Waals surface area contributed by atoms with Gasteiger partial charge in [-0.15, -0.1) is 0 Å². The van der Waals surface area contributed by atoms with Gasteiger partial charge in [0.15, 0.2) is 0 Å². The minimum absolute atomic E-state index is 0.0210. The number of nitrogens with zero attached hydrogens (tertiary/aromatic N) is 1. The maximum Gasteiger partial charge on any atom is 0.513 e. The molecule has 0 aromatic heterocycles. The molecule has 45 heavy (non-hydrogen) atoms. The normalized spacial score (nSPS) is 25.7. The summed E-state index contributed by atoms with van der Waals surface area (Å²) >= 11 is 0. The second-order valence-corrected chi connectivity index (χ2v) is 13.7. The van der Waals surface area contributed by atoms with Crippen LogP contribution in [0.5, 0.6) is 0 Å². The van der Waals surface area contributed by atoms with Crippen molar-refractivity contribution in [1.29, 1.82) is 0 Å². The van der Waals surface area contributed by atoms with E-state index in [9.17, 15) is 19.2 Å². The summed E-state index contributed by atoms with van der Waals surface area (Å²) < 4.78 is 28.8. The van der Waals surface area contributed by atoms with E-state index >= 15 is 0 Å². The Balaban J connectivity index is 1.16. The average Bonchev–Trinajstić information content (AvgIpc) is 3.46. The first-order valence-corrected chi connectivity index (χ1v) is 15.9. The van der Waals surface area contributed by atoms with Gasteiger partial charge < -0.3 is 28.2 Å². The Labute approximate surface area is 263 Å². The van der Waals surface area contributed by atoms with Crippen LogP contribution in [0.1, 0.15) is 76.8 Å². The molecule has 2 aromatic carbocycles. The monoisotopic (exact) mass is 620 g/mol. The van der Waals surface area contributed by atoms with Crippen molar-refractivity contribution < 1.29 is 47.3 Å². The molecule has 2 aliphatic carbocycles. The molecule has 6 rings (SSSR count). The summed E-state index contributed by atoms with van der Waals surface area (Å²) in [5.74, 6) is -1.98. The molecule has 2 aromatic rings. The van der Waals surface area contributed by atoms with E-state index in [0.29, 0.717) is 23.2 Å². The molecule has 10 heteroatoms. The van der Waals surface area contributed by atoms with Crippen LogP contribution in [-0.4, -0.2) is 72.2 Å². The molecular weight excluding hydrogens is 578 g/mol. The number of carbonyl (C=O) groups excluding carboxylic acids is 4. The second kappa shape index (κ2) is 11.8. The highest BCUT2D eigenvalue weighted by Gasteiger charge is 2.86. The SMILES string of the molecule is CC(C)(C)OC(=O)CCC(=O)OCOC(=O)OC(C(=O)OC1CC2C13CCC3[N+]21CCCC1)(c1ccccc1)c1ccccc1. The standard InChI is InChI=1S/C35H42NO9/c1-33(2,3)44-30(38)17-16-29(37)41-23-42-32(40)45-35(24-12-6-4-7-13-24,25-14-8-5-9-15-25)31(39)43-28-22-27-34(28)19-18-26(34)36(27)20-10-11-21-36/h4-9,12-15,26-28H,10-11,16-23H2,1-3H3/q+1. The van der Waals surface area contributed by atoms with Crippen molar-refractivity contribution in [3.05, 3.63) is 71.8 Å². The topological polar surface area (TPSA) is 114 Å². The Kier molecular flexibility index (Phi) is 8.14. The van der Waals surface area contributed by atoms with Crippen LogP contribution < -0.4 is 0 Å². The molecule has 2 heterocycles. The molecule has 0 radical (unpaired) electrons. The lowest BCUT2D eigenvalue weighted by Crippen LogP contribution is -2.94. The van der Waals surface area contributed by atoms with Crippen molar-refractivity contribution >= 4 is 24.1 Å². The number of hydrogen-bond acceptors (Lipinski definition) is 9. The molecule has 4 atom stereocenters. The Hall–Kier alpha value is -3.92. The quantitative estimate of drug-likeness (QED) is 0.154. The Bertz CT molecular complexity index is 1380. The van der Waals surface area contributed by atoms with Crippen molar-refractivity contribution in [3.8, 4) is 0 Å². The number of carbonyl (C=O) groups is 4. The van der Waals surface area contributed by atoms with Crippen LogP contribution in [0.15, 0.2) is 60.7 Å². The van der Waals surface area contributed by atoms with Crippen LogP contribution in [0.2, 0.25) is 0 Å². The van der Waals surface area contributed by atoms with Crippen LogP contribution in [0, 0.1) is 5.41 Å². The van der Waals surface area contributed by atoms with E-state index in [1.165, 1.54) is 30.4 Å². The van der Waals surface area contributed by atoms with Crippen molar-refractivity contribution in [1.82, 2.24) is 0 Å². The van der Waals surface area contributed by atoms with Gasteiger partial charge in [-0.25, -0.2) is 9.59 Å². The van der Waals surface area contributed by atoms with E-state index in [1.807, 2.05) is 0 Å². The van der Waals surface area contributed by atoms with E-state index < -0.39 is 42.1 Å². The first-order chi connectivity index (χ1) is 21.5. The number of ether oxygens (including phenoxy) is 5. The highest BCUT2D eigenvalue weighted by Crippen LogP contribution is 2.73. The third kappa shape index (κ3) is 5.37. The summed E-state index contributed by atoms with van der Waals surface area (Å²) in [5, 5.41) is 0. The molecule has 4 fully saturated rings. The summed E-state index contributed by atoms with van der Waals surface area (Å²) in [6.45, 7) is 6.87. The molecule has 2 saturated carbocycles. The lowest BCUT2D eigenvalue weighted by Gasteiger charge is -2.80. The number of hydrogen-bond donors (Lipinski definition) is 0. The molecule has 0 amide bonds. The summed E-state index contributed by atoms with van der Waals surface area (Å²) in [6.07, 6.45) is 3.65. The number of fused-ring (bicyclic) bond motifs is 2. The van der Waals surface area contributed by atoms with Crippen LogP contribution in [0.4, 0.5) is 4.79 Å². The maximum atomic E-state index is 14.4. The summed E-state index contributed by atoms with van der Waals surface area (Å²) in [7, 11) is 0. The predicted octanol–water partition coefficient (Wildman–Crippen LogP) is 5.16. The molecule has 4 unspecified atom stereocenters. The summed E-state index contributed by atoms with van der Waals surface area (Å²) in [4.78, 5) is 51.7. The van der Waals surface area contributed by atoms with Gasteiger partial charge in [-0.1, -0.05) is 60.7 Å². The summed E-state index contributed by atoms with van der Waals surface area (Å²) in [6, 6.07) is 18.6. The minimum Gasteiger partial charge on any atom is -0.460 e. The second-order valence-electron chi connectivity index (χ2n) is 13.7. The van der Waals surface area contributed by atoms with E-state index in [-0.39, 0.29) is 24.4 Å². The van der Waals surface area contributed by atoms with Gasteiger partial charge >= 0.3 is 24.1 Å². The van der Waals surface area contributed by atoms with E-state index in [2.05, 4.69) is 0 Å². The minimum atomic E-state index is -1.95. The first-order valence-electron chi connectivity index (χ1n) is 15.9. The number of benzene rings is 2. The van der Waals surface area contributed by atoms with Crippen molar-refractivity contribution in [2.24, 2.45) is 5.41 Å². The summed E-state index contributed by atoms with van der Waals surface area (Å²) in [5.41, 5.74) is -1.79. The largest absolute Gasteiger partial charge is 0.513 e. The van der Waals surface area contributed by atoms with Crippen LogP contribution in [0.3, 0.4) is 0 Å². The average molecular weight is 621 g/mol. The van der Waals surface area contributed by atoms with Gasteiger partial charge in [-0.3, -0.25) is 9.59 Å². The van der Waals surface area contributed by atoms with Crippen LogP contribution in [0.25, 0.3) is 0 Å². The van der Waals surface area contributed by atoms with Gasteiger partial charge in [0.2, 0.25) is 6.79 Å². The first kappa shape index (κ1) is 31.1. The molecule has 4 aliphatic rings. The van der Waals surface area contributed by atoms with Gasteiger partial charge in [0.05, 0.1) is 25.9 Å². The van der Waals surface area contributed by atoms with Gasteiger partial charge in [-0.2, -0.15) is 0 Å². The number of esters is 3. The molecule has 2 aliphatic heterocycles. The molecule has 2 saturated heterocycles. The van der Waals surface area contributed by atoms with Crippen molar-refractivity contribution in [3.63, 3.8) is 0 Å². The zero-order chi connectivity index (χ0) is 31.9. The molecule has 240 valence electrons. The van der Waals surface area contributed by atoms with E-state index in [4.69, 9.17) is 23.7 Å². The number of rotatable bonds is 10. The molecule has 0 N–H and O–H groups in total. The fourth-order valence-corrected chi connectivity index (χ4v) is 8.42. The number of quaternary nitrogens is 1. The zero-order valence-corrected chi connectivity index (χ0v) is 26.2. The lowest BCUT2D eigenvalue weighted by atomic mass is 9.39. The third-order valence-electron chi connectivity index (χ3n) is 10.3. The Morgan fingerprint density at radius 3 is 1.93 bits per heavy atom. The molecular formula is C35H42NO9+. The van der Waals surface area contributed by atoms with Gasteiger partial charge in [0.25, 0.3) is 5.60 Å². The smallest absolute Gasteiger partial charge is 0.460 e. The van der Waals surface area contributed by atoms with E-state index in [0.717, 1.165) is 19.3 Å². The molecule has 2 spiro atoms. The number of piperidine rings is 2. The molecule has 10 nitrogen and oxygen atoms in total. The fourth-order valence-electron chi connectivity index (χ4n) is 8.42. The van der Waals surface area contributed by atoms with Gasteiger partial charge in [-0.05, 0) is 27.2 Å². The van der Waals surface area contributed by atoms with Gasteiger partial charge in [0.1, 0.15) is 29.2 Å². The Morgan fingerprint density at radius 2 is 1.40 bits per heavy atom. The van der Waals surface area contributed by atoms with E-state index in [1.54, 1.807) is 81.4 Å². The van der Waals surface area contributed by atoms with Crippen LogP contribution in [-0.2, 0) is 43.7 Å². The van der Waals surface area contributed by atoms with Crippen molar-refractivity contribution in [2.45, 2.75) is 95.1 Å². The maximum absolute atomic E-state index is 14.4. The highest BCUT2D eigenvalue weighted by atomic mass is 16.8. The molecule has 0 bridgehead atoms.